The fraction of sp³-hybridized carbons (Fsp3) is 1.00. The van der Waals surface area contributed by atoms with Crippen molar-refractivity contribution in [3.8, 4) is 0 Å². The molecule has 3 nitrogen and oxygen atoms in total. The molecule has 16 heavy (non-hydrogen) atoms. The maximum Gasteiger partial charge on any atom is 0.0702 e. The number of nitrogens with zero attached hydrogens (tertiary/aromatic N) is 1. The molecule has 1 aliphatic carbocycles. The SMILES string of the molecule is CCOC1CCCN(CCC2(N)CCC2)C1. The van der Waals surface area contributed by atoms with Crippen LogP contribution in [-0.2, 0) is 4.74 Å². The molecule has 1 unspecified atom stereocenters. The molecule has 1 heterocycles. The first-order chi connectivity index (χ1) is 7.72. The summed E-state index contributed by atoms with van der Waals surface area (Å²) >= 11 is 0. The highest BCUT2D eigenvalue weighted by Crippen LogP contribution is 2.32. The van der Waals surface area contributed by atoms with Gasteiger partial charge in [-0.2, -0.15) is 0 Å². The van der Waals surface area contributed by atoms with Gasteiger partial charge in [-0.1, -0.05) is 0 Å². The summed E-state index contributed by atoms with van der Waals surface area (Å²) in [6.07, 6.45) is 7.95. The standard InChI is InChI=1S/C13H26N2O/c1-2-16-12-5-3-9-15(11-12)10-8-13(14)6-4-7-13/h12H,2-11,14H2,1H3. The van der Waals surface area contributed by atoms with Crippen molar-refractivity contribution in [2.75, 3.05) is 26.2 Å². The van der Waals surface area contributed by atoms with E-state index in [4.69, 9.17) is 10.5 Å². The van der Waals surface area contributed by atoms with Crippen LogP contribution in [0.3, 0.4) is 0 Å². The average molecular weight is 226 g/mol. The zero-order chi connectivity index (χ0) is 11.4. The lowest BCUT2D eigenvalue weighted by atomic mass is 9.75. The first-order valence-corrected chi connectivity index (χ1v) is 6.85. The van der Waals surface area contributed by atoms with Gasteiger partial charge in [0.2, 0.25) is 0 Å². The highest BCUT2D eigenvalue weighted by atomic mass is 16.5. The van der Waals surface area contributed by atoms with Gasteiger partial charge in [-0.25, -0.2) is 0 Å². The fourth-order valence-electron chi connectivity index (χ4n) is 2.85. The molecule has 2 fully saturated rings. The summed E-state index contributed by atoms with van der Waals surface area (Å²) in [5.74, 6) is 0. The van der Waals surface area contributed by atoms with E-state index in [2.05, 4.69) is 11.8 Å². The molecule has 0 spiro atoms. The van der Waals surface area contributed by atoms with Crippen molar-refractivity contribution in [1.29, 1.82) is 0 Å². The third-order valence-electron chi connectivity index (χ3n) is 4.14. The summed E-state index contributed by atoms with van der Waals surface area (Å²) in [4.78, 5) is 2.54. The lowest BCUT2D eigenvalue weighted by Gasteiger charge is -2.41. The molecule has 0 bridgehead atoms. The lowest BCUT2D eigenvalue weighted by Crippen LogP contribution is -2.50. The third kappa shape index (κ3) is 3.19. The second-order valence-corrected chi connectivity index (χ2v) is 5.49. The topological polar surface area (TPSA) is 38.5 Å². The van der Waals surface area contributed by atoms with Crippen LogP contribution in [0, 0.1) is 0 Å². The Hall–Kier alpha value is -0.120. The number of rotatable bonds is 5. The summed E-state index contributed by atoms with van der Waals surface area (Å²) in [7, 11) is 0. The van der Waals surface area contributed by atoms with Gasteiger partial charge in [-0.05, 0) is 58.5 Å². The van der Waals surface area contributed by atoms with E-state index in [1.165, 1.54) is 51.6 Å². The fourth-order valence-corrected chi connectivity index (χ4v) is 2.85. The van der Waals surface area contributed by atoms with Crippen LogP contribution in [0.2, 0.25) is 0 Å². The predicted octanol–water partition coefficient (Wildman–Crippen LogP) is 1.76. The van der Waals surface area contributed by atoms with Gasteiger partial charge in [0.15, 0.2) is 0 Å². The highest BCUT2D eigenvalue weighted by Gasteiger charge is 2.32. The van der Waals surface area contributed by atoms with E-state index in [1.54, 1.807) is 0 Å². The monoisotopic (exact) mass is 226 g/mol. The highest BCUT2D eigenvalue weighted by molar-refractivity contribution is 4.93. The first-order valence-electron chi connectivity index (χ1n) is 6.85. The molecule has 0 aromatic heterocycles. The van der Waals surface area contributed by atoms with Gasteiger partial charge in [-0.15, -0.1) is 0 Å². The Morgan fingerprint density at radius 1 is 1.38 bits per heavy atom. The smallest absolute Gasteiger partial charge is 0.0702 e. The van der Waals surface area contributed by atoms with Crippen LogP contribution in [0.15, 0.2) is 0 Å². The molecule has 3 heteroatoms. The number of hydrogen-bond donors (Lipinski definition) is 1. The van der Waals surface area contributed by atoms with Gasteiger partial charge < -0.3 is 15.4 Å². The summed E-state index contributed by atoms with van der Waals surface area (Å²) < 4.78 is 5.71. The van der Waals surface area contributed by atoms with E-state index < -0.39 is 0 Å². The Kier molecular flexibility index (Phi) is 4.22. The zero-order valence-electron chi connectivity index (χ0n) is 10.6. The molecule has 1 aliphatic heterocycles. The van der Waals surface area contributed by atoms with E-state index in [0.717, 1.165) is 13.2 Å². The molecular formula is C13H26N2O. The van der Waals surface area contributed by atoms with Crippen LogP contribution in [0.5, 0.6) is 0 Å². The second kappa shape index (κ2) is 5.48. The quantitative estimate of drug-likeness (QED) is 0.776. The van der Waals surface area contributed by atoms with Gasteiger partial charge in [0.25, 0.3) is 0 Å². The predicted molar refractivity (Wildman–Crippen MR) is 66.5 cm³/mol. The molecule has 94 valence electrons. The molecule has 1 saturated heterocycles. The van der Waals surface area contributed by atoms with Crippen molar-refractivity contribution in [3.05, 3.63) is 0 Å². The van der Waals surface area contributed by atoms with E-state index in [9.17, 15) is 0 Å². The largest absolute Gasteiger partial charge is 0.377 e. The number of hydrogen-bond acceptors (Lipinski definition) is 3. The number of ether oxygens (including phenoxy) is 1. The molecule has 0 aromatic carbocycles. The lowest BCUT2D eigenvalue weighted by molar-refractivity contribution is 0.00277. The number of likely N-dealkylation sites (tertiary alicyclic amines) is 1. The van der Waals surface area contributed by atoms with Crippen LogP contribution in [0.4, 0.5) is 0 Å². The van der Waals surface area contributed by atoms with Gasteiger partial charge >= 0.3 is 0 Å². The van der Waals surface area contributed by atoms with Crippen LogP contribution >= 0.6 is 0 Å². The zero-order valence-corrected chi connectivity index (χ0v) is 10.6. The Balaban J connectivity index is 1.68. The minimum absolute atomic E-state index is 0.179. The van der Waals surface area contributed by atoms with Crippen molar-refractivity contribution in [2.45, 2.75) is 57.1 Å². The van der Waals surface area contributed by atoms with E-state index in [1.807, 2.05) is 0 Å². The minimum atomic E-state index is 0.179. The van der Waals surface area contributed by atoms with Crippen molar-refractivity contribution in [2.24, 2.45) is 5.73 Å². The van der Waals surface area contributed by atoms with Crippen molar-refractivity contribution >= 4 is 0 Å². The van der Waals surface area contributed by atoms with Crippen molar-refractivity contribution in [3.63, 3.8) is 0 Å². The van der Waals surface area contributed by atoms with E-state index in [0.29, 0.717) is 6.10 Å². The van der Waals surface area contributed by atoms with Crippen molar-refractivity contribution in [1.82, 2.24) is 4.90 Å². The summed E-state index contributed by atoms with van der Waals surface area (Å²) in [5.41, 5.74) is 6.43. The Morgan fingerprint density at radius 2 is 2.19 bits per heavy atom. The van der Waals surface area contributed by atoms with Crippen LogP contribution < -0.4 is 5.73 Å². The molecule has 0 aromatic rings. The molecule has 1 atom stereocenters. The molecule has 1 saturated carbocycles. The molecular weight excluding hydrogens is 200 g/mol. The van der Waals surface area contributed by atoms with Crippen LogP contribution in [-0.4, -0.2) is 42.8 Å². The maximum atomic E-state index is 6.26. The Morgan fingerprint density at radius 3 is 2.81 bits per heavy atom. The van der Waals surface area contributed by atoms with Crippen molar-refractivity contribution < 1.29 is 4.74 Å². The molecule has 0 radical (unpaired) electrons. The summed E-state index contributed by atoms with van der Waals surface area (Å²) in [6, 6.07) is 0. The first kappa shape index (κ1) is 12.3. The summed E-state index contributed by atoms with van der Waals surface area (Å²) in [6.45, 7) is 6.45. The van der Waals surface area contributed by atoms with Crippen LogP contribution in [0.25, 0.3) is 0 Å². The van der Waals surface area contributed by atoms with Gasteiger partial charge in [0.05, 0.1) is 6.10 Å². The number of nitrogens with two attached hydrogens (primary N) is 1. The van der Waals surface area contributed by atoms with E-state index in [-0.39, 0.29) is 5.54 Å². The second-order valence-electron chi connectivity index (χ2n) is 5.49. The number of piperidine rings is 1. The van der Waals surface area contributed by atoms with Crippen LogP contribution in [0.1, 0.15) is 45.4 Å². The van der Waals surface area contributed by atoms with Gasteiger partial charge in [0, 0.05) is 18.7 Å². The Labute approximate surface area is 99.3 Å². The molecule has 2 aliphatic rings. The van der Waals surface area contributed by atoms with Gasteiger partial charge in [0.1, 0.15) is 0 Å². The minimum Gasteiger partial charge on any atom is -0.377 e. The summed E-state index contributed by atoms with van der Waals surface area (Å²) in [5, 5.41) is 0. The van der Waals surface area contributed by atoms with E-state index >= 15 is 0 Å². The normalized spacial score (nSPS) is 30.0. The molecule has 2 N–H and O–H groups in total. The third-order valence-corrected chi connectivity index (χ3v) is 4.14. The maximum absolute atomic E-state index is 6.26. The van der Waals surface area contributed by atoms with Gasteiger partial charge in [-0.3, -0.25) is 0 Å². The molecule has 2 rings (SSSR count). The molecule has 0 amide bonds. The Bertz CT molecular complexity index is 214. The average Bonchev–Trinajstić information content (AvgIpc) is 2.25.